The third kappa shape index (κ3) is 4.79. The van der Waals surface area contributed by atoms with Crippen LogP contribution in [0.5, 0.6) is 11.5 Å². The minimum atomic E-state index is -1.45. The number of ketones is 1. The third-order valence-electron chi connectivity index (χ3n) is 5.30. The highest BCUT2D eigenvalue weighted by molar-refractivity contribution is 6.11. The van der Waals surface area contributed by atoms with E-state index in [0.29, 0.717) is 23.5 Å². The number of hydrogen-bond donors (Lipinski definition) is 2. The van der Waals surface area contributed by atoms with Gasteiger partial charge in [-0.1, -0.05) is 56.5 Å². The largest absolute Gasteiger partial charge is 0.483 e. The Balaban J connectivity index is 1.45. The average molecular weight is 438 g/mol. The normalized spacial score (nSPS) is 17.3. The summed E-state index contributed by atoms with van der Waals surface area (Å²) in [5.74, 6) is 0.642. The van der Waals surface area contributed by atoms with E-state index in [4.69, 9.17) is 19.9 Å². The lowest BCUT2D eigenvalue weighted by atomic mass is 10.00. The van der Waals surface area contributed by atoms with E-state index in [-0.39, 0.29) is 24.0 Å². The molecule has 32 heavy (non-hydrogen) atoms. The lowest BCUT2D eigenvalue weighted by Gasteiger charge is -2.33. The summed E-state index contributed by atoms with van der Waals surface area (Å²) < 4.78 is 17.5. The highest BCUT2D eigenvalue weighted by atomic mass is 16.6. The average Bonchev–Trinajstić information content (AvgIpc) is 3.37. The van der Waals surface area contributed by atoms with Crippen LogP contribution >= 0.6 is 0 Å². The maximum Gasteiger partial charge on any atom is 0.257 e. The molecule has 1 aromatic heterocycles. The second kappa shape index (κ2) is 9.88. The van der Waals surface area contributed by atoms with E-state index in [1.807, 2.05) is 12.1 Å². The molecule has 9 nitrogen and oxygen atoms in total. The molecule has 1 aliphatic heterocycles. The number of para-hydroxylation sites is 1. The summed E-state index contributed by atoms with van der Waals surface area (Å²) in [6.07, 6.45) is 4.70. The molecule has 0 aliphatic carbocycles. The van der Waals surface area contributed by atoms with E-state index in [1.54, 1.807) is 30.3 Å². The van der Waals surface area contributed by atoms with Crippen molar-refractivity contribution in [3.8, 4) is 11.5 Å². The van der Waals surface area contributed by atoms with Crippen LogP contribution in [0.2, 0.25) is 0 Å². The molecule has 0 saturated carbocycles. The first-order valence-electron chi connectivity index (χ1n) is 10.8. The molecule has 0 saturated heterocycles. The number of ether oxygens (including phenoxy) is 3. The summed E-state index contributed by atoms with van der Waals surface area (Å²) in [6, 6.07) is 12.5. The number of nitrogens with zero attached hydrogens (tertiary/aromatic N) is 3. The number of unbranched alkanes of at least 4 members (excludes halogenated alkanes) is 3. The van der Waals surface area contributed by atoms with Crippen LogP contribution in [0.25, 0.3) is 0 Å². The maximum absolute atomic E-state index is 13.2. The Kier molecular flexibility index (Phi) is 6.77. The first-order chi connectivity index (χ1) is 15.6. The van der Waals surface area contributed by atoms with Crippen LogP contribution in [0.1, 0.15) is 59.9 Å². The van der Waals surface area contributed by atoms with Crippen molar-refractivity contribution in [2.24, 2.45) is 5.73 Å². The van der Waals surface area contributed by atoms with E-state index in [1.165, 1.54) is 19.3 Å². The van der Waals surface area contributed by atoms with E-state index in [0.717, 1.165) is 18.6 Å². The molecule has 0 fully saturated rings. The number of tetrazole rings is 1. The van der Waals surface area contributed by atoms with E-state index in [9.17, 15) is 4.79 Å². The summed E-state index contributed by atoms with van der Waals surface area (Å²) in [5.41, 5.74) is 6.74. The van der Waals surface area contributed by atoms with Gasteiger partial charge in [0.05, 0.1) is 12.2 Å². The molecule has 1 atom stereocenters. The fourth-order valence-corrected chi connectivity index (χ4v) is 3.49. The van der Waals surface area contributed by atoms with Crippen LogP contribution in [-0.2, 0) is 17.1 Å². The summed E-state index contributed by atoms with van der Waals surface area (Å²) >= 11 is 0. The lowest BCUT2D eigenvalue weighted by molar-refractivity contribution is -0.0154. The minimum absolute atomic E-state index is 0.00960. The van der Waals surface area contributed by atoms with Gasteiger partial charge in [-0.3, -0.25) is 10.5 Å². The predicted molar refractivity (Wildman–Crippen MR) is 116 cm³/mol. The van der Waals surface area contributed by atoms with Gasteiger partial charge in [-0.25, -0.2) is 0 Å². The Morgan fingerprint density at radius 1 is 1.19 bits per heavy atom. The van der Waals surface area contributed by atoms with Crippen LogP contribution in [-0.4, -0.2) is 39.6 Å². The first-order valence-corrected chi connectivity index (χ1v) is 10.8. The molecule has 168 valence electrons. The van der Waals surface area contributed by atoms with Crippen molar-refractivity contribution in [3.63, 3.8) is 0 Å². The highest BCUT2D eigenvalue weighted by Crippen LogP contribution is 2.40. The number of carbonyl (C=O) groups excluding carboxylic acids is 1. The molecule has 3 aromatic rings. The van der Waals surface area contributed by atoms with Crippen molar-refractivity contribution in [3.05, 3.63) is 65.0 Å². The second-order valence-electron chi connectivity index (χ2n) is 7.79. The van der Waals surface area contributed by atoms with Crippen LogP contribution in [0, 0.1) is 0 Å². The zero-order chi connectivity index (χ0) is 22.4. The summed E-state index contributed by atoms with van der Waals surface area (Å²) in [7, 11) is 0. The van der Waals surface area contributed by atoms with Crippen molar-refractivity contribution in [2.75, 3.05) is 13.2 Å². The quantitative estimate of drug-likeness (QED) is 0.366. The topological polar surface area (TPSA) is 125 Å². The molecule has 9 heteroatoms. The van der Waals surface area contributed by atoms with Gasteiger partial charge < -0.3 is 14.2 Å². The van der Waals surface area contributed by atoms with Gasteiger partial charge in [0.1, 0.15) is 6.61 Å². The molecule has 2 aromatic carbocycles. The van der Waals surface area contributed by atoms with Crippen molar-refractivity contribution < 1.29 is 19.0 Å². The molecule has 1 unspecified atom stereocenters. The molecule has 0 spiro atoms. The van der Waals surface area contributed by atoms with Crippen molar-refractivity contribution >= 4 is 5.78 Å². The fourth-order valence-electron chi connectivity index (χ4n) is 3.49. The lowest BCUT2D eigenvalue weighted by Crippen LogP contribution is -2.51. The van der Waals surface area contributed by atoms with Gasteiger partial charge >= 0.3 is 0 Å². The molecule has 1 aliphatic rings. The summed E-state index contributed by atoms with van der Waals surface area (Å²) in [5, 5.41) is 13.7. The first kappa shape index (κ1) is 21.9. The maximum atomic E-state index is 13.2. The number of nitrogens with two attached hydrogens (primary N) is 1. The van der Waals surface area contributed by atoms with Crippen LogP contribution in [0.4, 0.5) is 0 Å². The number of H-pyrrole nitrogens is 1. The van der Waals surface area contributed by atoms with Gasteiger partial charge in [0, 0.05) is 12.2 Å². The summed E-state index contributed by atoms with van der Waals surface area (Å²) in [6.45, 7) is 3.45. The van der Waals surface area contributed by atoms with Crippen molar-refractivity contribution in [2.45, 2.75) is 44.9 Å². The number of fused-ring (bicyclic) bond motifs is 1. The van der Waals surface area contributed by atoms with Crippen LogP contribution < -0.4 is 15.2 Å². The fraction of sp³-hybridized carbons (Fsp3) is 0.391. The van der Waals surface area contributed by atoms with E-state index < -0.39 is 5.72 Å². The molecular weight excluding hydrogens is 410 g/mol. The summed E-state index contributed by atoms with van der Waals surface area (Å²) in [4.78, 5) is 13.2. The molecule has 0 bridgehead atoms. The monoisotopic (exact) mass is 437 g/mol. The molecule has 0 amide bonds. The zero-order valence-electron chi connectivity index (χ0n) is 18.0. The Morgan fingerprint density at radius 3 is 2.78 bits per heavy atom. The molecule has 0 radical (unpaired) electrons. The SMILES string of the molecule is CCCCCCOCc1ccc(C(=O)c2cccc3c2OC(N)(c2nn[nH]n2)CO3)cc1. The minimum Gasteiger partial charge on any atom is -0.483 e. The van der Waals surface area contributed by atoms with E-state index in [2.05, 4.69) is 27.5 Å². The number of hydrogen-bond acceptors (Lipinski definition) is 8. The van der Waals surface area contributed by atoms with Gasteiger partial charge in [-0.05, 0) is 29.3 Å². The smallest absolute Gasteiger partial charge is 0.257 e. The second-order valence-corrected chi connectivity index (χ2v) is 7.79. The molecular formula is C23H27N5O4. The number of nitrogens with one attached hydrogen (secondary N) is 1. The number of carbonyl (C=O) groups is 1. The van der Waals surface area contributed by atoms with Gasteiger partial charge in [-0.2, -0.15) is 5.21 Å². The molecule has 4 rings (SSSR count). The number of rotatable bonds is 10. The Hall–Kier alpha value is -3.30. The van der Waals surface area contributed by atoms with E-state index >= 15 is 0 Å². The number of aromatic nitrogens is 4. The Morgan fingerprint density at radius 2 is 2.03 bits per heavy atom. The predicted octanol–water partition coefficient (Wildman–Crippen LogP) is 3.11. The Bertz CT molecular complexity index is 1040. The van der Waals surface area contributed by atoms with Gasteiger partial charge in [0.2, 0.25) is 5.82 Å². The molecule has 2 heterocycles. The van der Waals surface area contributed by atoms with Gasteiger partial charge in [-0.15, -0.1) is 10.2 Å². The van der Waals surface area contributed by atoms with Crippen LogP contribution in [0.3, 0.4) is 0 Å². The number of aromatic amines is 1. The highest BCUT2D eigenvalue weighted by Gasteiger charge is 2.41. The standard InChI is InChI=1S/C23H27N5O4/c1-2-3-4-5-13-30-14-16-9-11-17(12-10-16)20(29)18-7-6-8-19-21(18)32-23(24,15-31-19)22-25-27-28-26-22/h6-12H,2-5,13-15,24H2,1H3,(H,25,26,27,28). The van der Waals surface area contributed by atoms with Crippen molar-refractivity contribution in [1.29, 1.82) is 0 Å². The van der Waals surface area contributed by atoms with Gasteiger partial charge in [0.15, 0.2) is 17.3 Å². The van der Waals surface area contributed by atoms with Crippen molar-refractivity contribution in [1.82, 2.24) is 20.6 Å². The Labute approximate surface area is 186 Å². The molecule has 3 N–H and O–H groups in total. The van der Waals surface area contributed by atoms with Gasteiger partial charge in [0.25, 0.3) is 5.72 Å². The van der Waals surface area contributed by atoms with Crippen LogP contribution in [0.15, 0.2) is 42.5 Å². The third-order valence-corrected chi connectivity index (χ3v) is 5.30. The zero-order valence-corrected chi connectivity index (χ0v) is 18.0. The number of benzene rings is 2.